The van der Waals surface area contributed by atoms with Gasteiger partial charge in [0.1, 0.15) is 12.6 Å². The number of carboxylic acids is 1. The highest BCUT2D eigenvalue weighted by atomic mass is 35.5. The first-order valence-corrected chi connectivity index (χ1v) is 10.3. The minimum Gasteiger partial charge on any atom is -0.480 e. The summed E-state index contributed by atoms with van der Waals surface area (Å²) in [6, 6.07) is 16.7. The van der Waals surface area contributed by atoms with Gasteiger partial charge in [0.05, 0.1) is 5.02 Å². The summed E-state index contributed by atoms with van der Waals surface area (Å²) in [6.07, 6.45) is 2.99. The zero-order valence-corrected chi connectivity index (χ0v) is 17.4. The third kappa shape index (κ3) is 4.70. The van der Waals surface area contributed by atoms with Crippen LogP contribution >= 0.6 is 11.6 Å². The first kappa shape index (κ1) is 20.9. The van der Waals surface area contributed by atoms with E-state index in [4.69, 9.17) is 16.3 Å². The summed E-state index contributed by atoms with van der Waals surface area (Å²) in [7, 11) is 0. The van der Waals surface area contributed by atoms with Crippen LogP contribution in [-0.4, -0.2) is 34.8 Å². The largest absolute Gasteiger partial charge is 0.480 e. The number of alkyl carbamates (subject to hydrolysis) is 1. The Bertz CT molecular complexity index is 1070. The second-order valence-corrected chi connectivity index (χ2v) is 7.85. The lowest BCUT2D eigenvalue weighted by Gasteiger charge is -2.17. The molecule has 3 aromatic rings. The molecule has 1 aromatic heterocycles. The van der Waals surface area contributed by atoms with Crippen molar-refractivity contribution in [1.82, 2.24) is 10.3 Å². The number of benzene rings is 2. The zero-order chi connectivity index (χ0) is 21.8. The highest BCUT2D eigenvalue weighted by Crippen LogP contribution is 2.44. The molecule has 0 fully saturated rings. The Balaban J connectivity index is 1.38. The van der Waals surface area contributed by atoms with E-state index in [-0.39, 0.29) is 18.9 Å². The highest BCUT2D eigenvalue weighted by Gasteiger charge is 2.29. The quantitative estimate of drug-likeness (QED) is 0.562. The van der Waals surface area contributed by atoms with Crippen LogP contribution in [0.2, 0.25) is 5.02 Å². The number of hydrogen-bond acceptors (Lipinski definition) is 4. The van der Waals surface area contributed by atoms with Gasteiger partial charge in [0.2, 0.25) is 0 Å². The molecule has 1 atom stereocenters. The molecule has 0 spiro atoms. The number of amides is 1. The van der Waals surface area contributed by atoms with Crippen LogP contribution in [0.1, 0.15) is 29.0 Å². The molecule has 6 nitrogen and oxygen atoms in total. The van der Waals surface area contributed by atoms with Gasteiger partial charge in [-0.15, -0.1) is 0 Å². The number of halogens is 1. The molecule has 1 amide bonds. The topological polar surface area (TPSA) is 88.5 Å². The summed E-state index contributed by atoms with van der Waals surface area (Å²) < 4.78 is 5.44. The van der Waals surface area contributed by atoms with Gasteiger partial charge < -0.3 is 15.2 Å². The molecule has 0 saturated heterocycles. The van der Waals surface area contributed by atoms with E-state index in [1.54, 1.807) is 12.3 Å². The van der Waals surface area contributed by atoms with Gasteiger partial charge in [0.15, 0.2) is 0 Å². The van der Waals surface area contributed by atoms with Crippen LogP contribution in [0.25, 0.3) is 11.1 Å². The van der Waals surface area contributed by atoms with Crippen LogP contribution < -0.4 is 5.32 Å². The number of nitrogens with zero attached hydrogens (tertiary/aromatic N) is 1. The Hall–Kier alpha value is -3.38. The maximum atomic E-state index is 12.4. The van der Waals surface area contributed by atoms with E-state index in [2.05, 4.69) is 22.4 Å². The van der Waals surface area contributed by atoms with Crippen molar-refractivity contribution in [2.24, 2.45) is 0 Å². The van der Waals surface area contributed by atoms with Crippen LogP contribution in [0.5, 0.6) is 0 Å². The Kier molecular flexibility index (Phi) is 6.18. The predicted molar refractivity (Wildman–Crippen MR) is 117 cm³/mol. The van der Waals surface area contributed by atoms with Gasteiger partial charge in [0, 0.05) is 18.3 Å². The summed E-state index contributed by atoms with van der Waals surface area (Å²) in [5.41, 5.74) is 5.25. The van der Waals surface area contributed by atoms with Gasteiger partial charge >= 0.3 is 12.1 Å². The monoisotopic (exact) mass is 436 g/mol. The molecule has 2 aromatic carbocycles. The molecule has 0 aliphatic heterocycles. The lowest BCUT2D eigenvalue weighted by atomic mass is 9.98. The molecule has 0 unspecified atom stereocenters. The molecule has 2 N–H and O–H groups in total. The van der Waals surface area contributed by atoms with Gasteiger partial charge in [-0.1, -0.05) is 60.1 Å². The average molecular weight is 437 g/mol. The van der Waals surface area contributed by atoms with Crippen LogP contribution in [0.4, 0.5) is 4.79 Å². The minimum atomic E-state index is -1.12. The molecule has 0 bridgehead atoms. The van der Waals surface area contributed by atoms with Gasteiger partial charge in [0.25, 0.3) is 0 Å². The number of carboxylic acid groups (broad SMARTS) is 1. The highest BCUT2D eigenvalue weighted by molar-refractivity contribution is 6.30. The van der Waals surface area contributed by atoms with Crippen molar-refractivity contribution >= 4 is 23.7 Å². The number of rotatable bonds is 7. The molecule has 31 heavy (non-hydrogen) atoms. The van der Waals surface area contributed by atoms with Gasteiger partial charge in [-0.2, -0.15) is 0 Å². The van der Waals surface area contributed by atoms with Gasteiger partial charge in [-0.25, -0.2) is 9.59 Å². The lowest BCUT2D eigenvalue weighted by molar-refractivity contribution is -0.139. The molecule has 4 rings (SSSR count). The molecular weight excluding hydrogens is 416 g/mol. The molecule has 1 aliphatic rings. The number of hydrogen-bond donors (Lipinski definition) is 2. The Morgan fingerprint density at radius 1 is 1.06 bits per heavy atom. The van der Waals surface area contributed by atoms with Crippen molar-refractivity contribution in [3.05, 3.63) is 88.7 Å². The minimum absolute atomic E-state index is 0.0843. The SMILES string of the molecule is O=C(N[C@H](CCc1cncc(Cl)c1)C(=O)O)OCC1c2ccccc2-c2ccccc21. The van der Waals surface area contributed by atoms with E-state index in [0.717, 1.165) is 27.8 Å². The number of aliphatic carboxylic acids is 1. The van der Waals surface area contributed by atoms with Crippen LogP contribution in [0.3, 0.4) is 0 Å². The number of ether oxygens (including phenoxy) is 1. The number of aromatic nitrogens is 1. The van der Waals surface area contributed by atoms with Crippen molar-refractivity contribution < 1.29 is 19.4 Å². The second kappa shape index (κ2) is 9.18. The lowest BCUT2D eigenvalue weighted by Crippen LogP contribution is -2.41. The van der Waals surface area contributed by atoms with E-state index in [9.17, 15) is 14.7 Å². The summed E-state index contributed by atoms with van der Waals surface area (Å²) >= 11 is 5.91. The fraction of sp³-hybridized carbons (Fsp3) is 0.208. The number of nitrogens with one attached hydrogen (secondary N) is 1. The fourth-order valence-corrected chi connectivity index (χ4v) is 4.14. The number of fused-ring (bicyclic) bond motifs is 3. The number of pyridine rings is 1. The number of aryl methyl sites for hydroxylation is 1. The molecule has 7 heteroatoms. The maximum absolute atomic E-state index is 12.4. The third-order valence-corrected chi connectivity index (χ3v) is 5.62. The maximum Gasteiger partial charge on any atom is 0.407 e. The predicted octanol–water partition coefficient (Wildman–Crippen LogP) is 4.66. The van der Waals surface area contributed by atoms with E-state index >= 15 is 0 Å². The summed E-state index contributed by atoms with van der Waals surface area (Å²) in [6.45, 7) is 0.129. The van der Waals surface area contributed by atoms with E-state index in [1.807, 2.05) is 36.4 Å². The second-order valence-electron chi connectivity index (χ2n) is 7.41. The Labute approximate surface area is 184 Å². The number of carbonyl (C=O) groups is 2. The average Bonchev–Trinajstić information content (AvgIpc) is 3.09. The smallest absolute Gasteiger partial charge is 0.407 e. The summed E-state index contributed by atoms with van der Waals surface area (Å²) in [5, 5.41) is 12.4. The first-order chi connectivity index (χ1) is 15.0. The van der Waals surface area contributed by atoms with Crippen molar-refractivity contribution in [2.45, 2.75) is 24.8 Å². The van der Waals surface area contributed by atoms with Crippen LogP contribution in [0.15, 0.2) is 67.0 Å². The van der Waals surface area contributed by atoms with Crippen molar-refractivity contribution in [1.29, 1.82) is 0 Å². The summed E-state index contributed by atoms with van der Waals surface area (Å²) in [4.78, 5) is 28.0. The third-order valence-electron chi connectivity index (χ3n) is 5.42. The normalized spacial score (nSPS) is 13.2. The zero-order valence-electron chi connectivity index (χ0n) is 16.6. The van der Waals surface area contributed by atoms with Gasteiger partial charge in [-0.3, -0.25) is 4.98 Å². The Morgan fingerprint density at radius 2 is 1.71 bits per heavy atom. The van der Waals surface area contributed by atoms with Crippen LogP contribution in [-0.2, 0) is 16.0 Å². The van der Waals surface area contributed by atoms with Gasteiger partial charge in [-0.05, 0) is 46.7 Å². The van der Waals surface area contributed by atoms with E-state index in [0.29, 0.717) is 11.4 Å². The van der Waals surface area contributed by atoms with E-state index in [1.165, 1.54) is 6.20 Å². The standard InChI is InChI=1S/C24H21ClN2O4/c25-16-11-15(12-26-13-16)9-10-22(23(28)29)27-24(30)31-14-21-19-7-3-1-5-17(19)18-6-2-4-8-20(18)21/h1-8,11-13,21-22H,9-10,14H2,(H,27,30)(H,28,29)/t22-/m1/s1. The van der Waals surface area contributed by atoms with E-state index < -0.39 is 18.1 Å². The molecule has 0 radical (unpaired) electrons. The van der Waals surface area contributed by atoms with Crippen molar-refractivity contribution in [2.75, 3.05) is 6.61 Å². The van der Waals surface area contributed by atoms with Crippen molar-refractivity contribution in [3.8, 4) is 11.1 Å². The Morgan fingerprint density at radius 3 is 2.32 bits per heavy atom. The number of carbonyl (C=O) groups excluding carboxylic acids is 1. The molecule has 0 saturated carbocycles. The molecule has 158 valence electrons. The molecular formula is C24H21ClN2O4. The molecule has 1 aliphatic carbocycles. The summed E-state index contributed by atoms with van der Waals surface area (Å²) in [5.74, 6) is -1.21. The molecule has 1 heterocycles. The first-order valence-electron chi connectivity index (χ1n) is 9.96. The van der Waals surface area contributed by atoms with Crippen LogP contribution in [0, 0.1) is 0 Å². The van der Waals surface area contributed by atoms with Crippen molar-refractivity contribution in [3.63, 3.8) is 0 Å². The fourth-order valence-electron chi connectivity index (χ4n) is 3.94.